The van der Waals surface area contributed by atoms with Crippen LogP contribution < -0.4 is 10.5 Å². The number of amides is 1. The Hall–Kier alpha value is -1.23. The first kappa shape index (κ1) is 17.8. The monoisotopic (exact) mass is 330 g/mol. The number of carbonyl (C=O) groups excluding carboxylic acids is 1. The summed E-state index contributed by atoms with van der Waals surface area (Å²) in [5.41, 5.74) is 6.62. The van der Waals surface area contributed by atoms with E-state index in [4.69, 9.17) is 22.1 Å². The lowest BCUT2D eigenvalue weighted by molar-refractivity contribution is -0.126. The molecule has 0 bridgehead atoms. The second-order valence-corrected chi connectivity index (χ2v) is 5.32. The molecule has 2 rings (SSSR count). The summed E-state index contributed by atoms with van der Waals surface area (Å²) >= 11 is 5.96. The lowest BCUT2D eigenvalue weighted by atomic mass is 10.1. The van der Waals surface area contributed by atoms with Crippen LogP contribution in [0.15, 0.2) is 24.3 Å². The van der Waals surface area contributed by atoms with Gasteiger partial charge in [0, 0.05) is 35.8 Å². The van der Waals surface area contributed by atoms with Crippen LogP contribution in [0, 0.1) is 0 Å². The van der Waals surface area contributed by atoms with Gasteiger partial charge in [-0.1, -0.05) is 11.6 Å². The molecule has 1 aromatic carbocycles. The van der Waals surface area contributed by atoms with Crippen LogP contribution in [0.25, 0.3) is 6.08 Å². The van der Waals surface area contributed by atoms with Gasteiger partial charge in [-0.25, -0.2) is 0 Å². The topological polar surface area (TPSA) is 55.6 Å². The van der Waals surface area contributed by atoms with E-state index >= 15 is 0 Å². The summed E-state index contributed by atoms with van der Waals surface area (Å²) in [5, 5.41) is 0.613. The Bertz CT molecular complexity index is 512. The highest BCUT2D eigenvalue weighted by Gasteiger charge is 2.18. The highest BCUT2D eigenvalue weighted by atomic mass is 35.5. The SMILES string of the molecule is COc1ccc(Cl)cc1/C=C/C(=O)N1CCC(N)CC1.Cl. The zero-order chi connectivity index (χ0) is 14.5. The number of carbonyl (C=O) groups is 1. The summed E-state index contributed by atoms with van der Waals surface area (Å²) in [6.45, 7) is 1.44. The van der Waals surface area contributed by atoms with Crippen LogP contribution in [0.5, 0.6) is 5.75 Å². The van der Waals surface area contributed by atoms with E-state index < -0.39 is 0 Å². The molecule has 0 saturated carbocycles. The van der Waals surface area contributed by atoms with Crippen LogP contribution in [0.4, 0.5) is 0 Å². The van der Waals surface area contributed by atoms with Gasteiger partial charge in [-0.2, -0.15) is 0 Å². The van der Waals surface area contributed by atoms with Crippen molar-refractivity contribution in [3.8, 4) is 5.75 Å². The van der Waals surface area contributed by atoms with Crippen molar-refractivity contribution < 1.29 is 9.53 Å². The zero-order valence-electron chi connectivity index (χ0n) is 11.9. The molecular formula is C15H20Cl2N2O2. The predicted molar refractivity (Wildman–Crippen MR) is 88.1 cm³/mol. The van der Waals surface area contributed by atoms with Gasteiger partial charge in [0.05, 0.1) is 7.11 Å². The van der Waals surface area contributed by atoms with Crippen molar-refractivity contribution in [2.45, 2.75) is 18.9 Å². The molecule has 6 heteroatoms. The fraction of sp³-hybridized carbons (Fsp3) is 0.400. The molecule has 1 aromatic rings. The highest BCUT2D eigenvalue weighted by molar-refractivity contribution is 6.30. The molecule has 0 atom stereocenters. The normalized spacial score (nSPS) is 15.9. The Morgan fingerprint density at radius 3 is 2.71 bits per heavy atom. The van der Waals surface area contributed by atoms with Crippen molar-refractivity contribution in [1.29, 1.82) is 0 Å². The Morgan fingerprint density at radius 2 is 2.10 bits per heavy atom. The quantitative estimate of drug-likeness (QED) is 0.867. The minimum absolute atomic E-state index is 0. The first-order valence-electron chi connectivity index (χ1n) is 6.66. The van der Waals surface area contributed by atoms with E-state index in [9.17, 15) is 4.79 Å². The number of methoxy groups -OCH3 is 1. The Balaban J connectivity index is 0.00000220. The second-order valence-electron chi connectivity index (χ2n) is 4.88. The Kier molecular flexibility index (Phi) is 7.02. The second kappa shape index (κ2) is 8.27. The third-order valence-electron chi connectivity index (χ3n) is 3.45. The van der Waals surface area contributed by atoms with Gasteiger partial charge in [-0.15, -0.1) is 12.4 Å². The van der Waals surface area contributed by atoms with Gasteiger partial charge >= 0.3 is 0 Å². The zero-order valence-corrected chi connectivity index (χ0v) is 13.5. The number of hydrogen-bond donors (Lipinski definition) is 1. The third-order valence-corrected chi connectivity index (χ3v) is 3.68. The molecule has 1 amide bonds. The van der Waals surface area contributed by atoms with Gasteiger partial charge < -0.3 is 15.4 Å². The molecule has 0 aliphatic carbocycles. The lowest BCUT2D eigenvalue weighted by Crippen LogP contribution is -2.42. The van der Waals surface area contributed by atoms with Crippen molar-refractivity contribution in [1.82, 2.24) is 4.90 Å². The Morgan fingerprint density at radius 1 is 1.43 bits per heavy atom. The fourth-order valence-corrected chi connectivity index (χ4v) is 2.40. The molecule has 0 radical (unpaired) electrons. The van der Waals surface area contributed by atoms with E-state index in [1.165, 1.54) is 0 Å². The van der Waals surface area contributed by atoms with Gasteiger partial charge in [0.15, 0.2) is 0 Å². The average Bonchev–Trinajstić information content (AvgIpc) is 2.45. The fourth-order valence-electron chi connectivity index (χ4n) is 2.22. The van der Waals surface area contributed by atoms with Crippen molar-refractivity contribution in [2.24, 2.45) is 5.73 Å². The van der Waals surface area contributed by atoms with Crippen molar-refractivity contribution in [3.63, 3.8) is 0 Å². The van der Waals surface area contributed by atoms with E-state index in [2.05, 4.69) is 0 Å². The lowest BCUT2D eigenvalue weighted by Gasteiger charge is -2.29. The van der Waals surface area contributed by atoms with Crippen molar-refractivity contribution >= 4 is 36.0 Å². The van der Waals surface area contributed by atoms with Crippen LogP contribution >= 0.6 is 24.0 Å². The van der Waals surface area contributed by atoms with E-state index in [1.54, 1.807) is 37.5 Å². The number of benzene rings is 1. The van der Waals surface area contributed by atoms with Crippen LogP contribution in [-0.2, 0) is 4.79 Å². The molecule has 1 heterocycles. The van der Waals surface area contributed by atoms with Crippen LogP contribution in [0.1, 0.15) is 18.4 Å². The third kappa shape index (κ3) is 4.92. The molecule has 1 aliphatic heterocycles. The van der Waals surface area contributed by atoms with Gasteiger partial charge in [0.2, 0.25) is 5.91 Å². The predicted octanol–water partition coefficient (Wildman–Crippen LogP) is 2.73. The molecule has 0 spiro atoms. The van der Waals surface area contributed by atoms with Gasteiger partial charge in [-0.05, 0) is 37.1 Å². The summed E-state index contributed by atoms with van der Waals surface area (Å²) in [6.07, 6.45) is 5.02. The number of piperidine rings is 1. The number of nitrogens with zero attached hydrogens (tertiary/aromatic N) is 1. The maximum atomic E-state index is 12.1. The minimum Gasteiger partial charge on any atom is -0.496 e. The van der Waals surface area contributed by atoms with Gasteiger partial charge in [0.1, 0.15) is 5.75 Å². The highest BCUT2D eigenvalue weighted by Crippen LogP contribution is 2.24. The average molecular weight is 331 g/mol. The molecule has 1 fully saturated rings. The van der Waals surface area contributed by atoms with Crippen molar-refractivity contribution in [3.05, 3.63) is 34.9 Å². The van der Waals surface area contributed by atoms with E-state index in [0.29, 0.717) is 10.8 Å². The number of ether oxygens (including phenoxy) is 1. The standard InChI is InChI=1S/C15H19ClN2O2.ClH/c1-20-14-4-3-12(16)10-11(14)2-5-15(19)18-8-6-13(17)7-9-18;/h2-5,10,13H,6-9,17H2,1H3;1H/b5-2+;. The Labute approximate surface area is 136 Å². The molecule has 116 valence electrons. The summed E-state index contributed by atoms with van der Waals surface area (Å²) in [4.78, 5) is 13.9. The first-order valence-corrected chi connectivity index (χ1v) is 7.04. The first-order chi connectivity index (χ1) is 9.60. The molecule has 1 saturated heterocycles. The van der Waals surface area contributed by atoms with E-state index in [0.717, 1.165) is 31.5 Å². The van der Waals surface area contributed by atoms with Crippen LogP contribution in [0.3, 0.4) is 0 Å². The van der Waals surface area contributed by atoms with Gasteiger partial charge in [0.25, 0.3) is 0 Å². The number of likely N-dealkylation sites (tertiary alicyclic amines) is 1. The number of rotatable bonds is 3. The summed E-state index contributed by atoms with van der Waals surface area (Å²) in [6, 6.07) is 5.53. The molecular weight excluding hydrogens is 311 g/mol. The van der Waals surface area contributed by atoms with Crippen LogP contribution in [0.2, 0.25) is 5.02 Å². The molecule has 4 nitrogen and oxygen atoms in total. The number of nitrogens with two attached hydrogens (primary N) is 1. The smallest absolute Gasteiger partial charge is 0.246 e. The molecule has 0 aromatic heterocycles. The summed E-state index contributed by atoms with van der Waals surface area (Å²) in [5.74, 6) is 0.693. The number of hydrogen-bond acceptors (Lipinski definition) is 3. The van der Waals surface area contributed by atoms with E-state index in [1.807, 2.05) is 4.90 Å². The molecule has 2 N–H and O–H groups in total. The molecule has 1 aliphatic rings. The van der Waals surface area contributed by atoms with E-state index in [-0.39, 0.29) is 24.4 Å². The number of halogens is 2. The maximum Gasteiger partial charge on any atom is 0.246 e. The van der Waals surface area contributed by atoms with Gasteiger partial charge in [-0.3, -0.25) is 4.79 Å². The van der Waals surface area contributed by atoms with Crippen LogP contribution in [-0.4, -0.2) is 37.0 Å². The maximum absolute atomic E-state index is 12.1. The summed E-state index contributed by atoms with van der Waals surface area (Å²) < 4.78 is 5.24. The molecule has 0 unspecified atom stereocenters. The minimum atomic E-state index is -0.000992. The summed E-state index contributed by atoms with van der Waals surface area (Å²) in [7, 11) is 1.59. The van der Waals surface area contributed by atoms with Crippen molar-refractivity contribution in [2.75, 3.05) is 20.2 Å². The largest absolute Gasteiger partial charge is 0.496 e. The molecule has 21 heavy (non-hydrogen) atoms.